The van der Waals surface area contributed by atoms with E-state index in [1.54, 1.807) is 0 Å². The molecule has 0 atom stereocenters. The number of aryl methyl sites for hydroxylation is 2. The fraction of sp³-hybridized carbons (Fsp3) is 0.200. The summed E-state index contributed by atoms with van der Waals surface area (Å²) in [6, 6.07) is 13.4. The minimum atomic E-state index is -0.140. The zero-order chi connectivity index (χ0) is 18.0. The van der Waals surface area contributed by atoms with Crippen molar-refractivity contribution in [3.8, 4) is 0 Å². The first-order chi connectivity index (χ1) is 11.9. The van der Waals surface area contributed by atoms with Gasteiger partial charge in [-0.25, -0.2) is 0 Å². The highest BCUT2D eigenvalue weighted by atomic mass is 16.2. The lowest BCUT2D eigenvalue weighted by atomic mass is 10.1. The Balaban J connectivity index is 1.68. The summed E-state index contributed by atoms with van der Waals surface area (Å²) in [5.74, 6) is -0.246. The van der Waals surface area contributed by atoms with Crippen LogP contribution in [0.5, 0.6) is 0 Å². The summed E-state index contributed by atoms with van der Waals surface area (Å²) < 4.78 is 0. The van der Waals surface area contributed by atoms with Gasteiger partial charge in [0.2, 0.25) is 5.91 Å². The average molecular weight is 335 g/mol. The number of benzene rings is 2. The van der Waals surface area contributed by atoms with Gasteiger partial charge < -0.3 is 15.6 Å². The van der Waals surface area contributed by atoms with Crippen molar-refractivity contribution in [1.82, 2.24) is 10.3 Å². The van der Waals surface area contributed by atoms with Crippen LogP contribution in [0.25, 0.3) is 10.9 Å². The van der Waals surface area contributed by atoms with Crippen LogP contribution < -0.4 is 10.6 Å². The second-order valence-corrected chi connectivity index (χ2v) is 6.29. The van der Waals surface area contributed by atoms with Gasteiger partial charge in [-0.1, -0.05) is 18.2 Å². The first-order valence-electron chi connectivity index (χ1n) is 8.17. The lowest BCUT2D eigenvalue weighted by molar-refractivity contribution is -0.114. The quantitative estimate of drug-likeness (QED) is 0.680. The van der Waals surface area contributed by atoms with Gasteiger partial charge in [-0.05, 0) is 54.8 Å². The monoisotopic (exact) mass is 335 g/mol. The third kappa shape index (κ3) is 3.88. The van der Waals surface area contributed by atoms with Crippen LogP contribution in [0.2, 0.25) is 0 Å². The SMILES string of the molecule is CC(=O)Nc1ccc(CNC(=O)c2cc3c(C)cc(C)cc3[nH]2)cc1. The Hall–Kier alpha value is -3.08. The Kier molecular flexibility index (Phi) is 4.57. The van der Waals surface area contributed by atoms with E-state index < -0.39 is 0 Å². The first kappa shape index (κ1) is 16.8. The van der Waals surface area contributed by atoms with Crippen LogP contribution in [-0.4, -0.2) is 16.8 Å². The molecule has 0 aliphatic rings. The topological polar surface area (TPSA) is 74.0 Å². The first-order valence-corrected chi connectivity index (χ1v) is 8.17. The maximum absolute atomic E-state index is 12.4. The van der Waals surface area contributed by atoms with Gasteiger partial charge in [-0.15, -0.1) is 0 Å². The molecule has 1 aromatic heterocycles. The van der Waals surface area contributed by atoms with E-state index >= 15 is 0 Å². The highest BCUT2D eigenvalue weighted by molar-refractivity contribution is 5.99. The number of hydrogen-bond donors (Lipinski definition) is 3. The van der Waals surface area contributed by atoms with Crippen LogP contribution in [0.4, 0.5) is 5.69 Å². The third-order valence-electron chi connectivity index (χ3n) is 4.06. The van der Waals surface area contributed by atoms with Crippen molar-refractivity contribution in [3.05, 3.63) is 64.8 Å². The molecule has 0 aliphatic carbocycles. The number of amides is 2. The van der Waals surface area contributed by atoms with Gasteiger partial charge in [-0.3, -0.25) is 9.59 Å². The van der Waals surface area contributed by atoms with Gasteiger partial charge in [0.1, 0.15) is 5.69 Å². The standard InChI is InChI=1S/C20H21N3O2/c1-12-8-13(2)17-10-19(23-18(17)9-12)20(25)21-11-15-4-6-16(7-5-15)22-14(3)24/h4-10,23H,11H2,1-3H3,(H,21,25)(H,22,24). The minimum Gasteiger partial charge on any atom is -0.351 e. The molecule has 3 rings (SSSR count). The highest BCUT2D eigenvalue weighted by Crippen LogP contribution is 2.21. The van der Waals surface area contributed by atoms with E-state index in [9.17, 15) is 9.59 Å². The lowest BCUT2D eigenvalue weighted by Crippen LogP contribution is -2.23. The summed E-state index contributed by atoms with van der Waals surface area (Å²) >= 11 is 0. The summed E-state index contributed by atoms with van der Waals surface area (Å²) in [6.07, 6.45) is 0. The number of nitrogens with one attached hydrogen (secondary N) is 3. The number of hydrogen-bond acceptors (Lipinski definition) is 2. The molecule has 0 aliphatic heterocycles. The smallest absolute Gasteiger partial charge is 0.267 e. The Morgan fingerprint density at radius 2 is 1.76 bits per heavy atom. The van der Waals surface area contributed by atoms with E-state index in [4.69, 9.17) is 0 Å². The van der Waals surface area contributed by atoms with Gasteiger partial charge in [-0.2, -0.15) is 0 Å². The molecule has 3 N–H and O–H groups in total. The number of anilines is 1. The van der Waals surface area contributed by atoms with E-state index in [0.717, 1.165) is 33.3 Å². The molecule has 5 heteroatoms. The van der Waals surface area contributed by atoms with Crippen molar-refractivity contribution in [3.63, 3.8) is 0 Å². The Morgan fingerprint density at radius 3 is 2.44 bits per heavy atom. The normalized spacial score (nSPS) is 10.7. The van der Waals surface area contributed by atoms with Crippen molar-refractivity contribution in [2.24, 2.45) is 0 Å². The summed E-state index contributed by atoms with van der Waals surface area (Å²) in [7, 11) is 0. The molecule has 3 aromatic rings. The second kappa shape index (κ2) is 6.81. The number of aromatic amines is 1. The summed E-state index contributed by atoms with van der Waals surface area (Å²) in [6.45, 7) is 5.98. The number of H-pyrrole nitrogens is 1. The van der Waals surface area contributed by atoms with E-state index in [1.807, 2.05) is 50.2 Å². The number of rotatable bonds is 4. The minimum absolute atomic E-state index is 0.106. The molecular weight excluding hydrogens is 314 g/mol. The molecule has 2 amide bonds. The maximum atomic E-state index is 12.4. The number of carbonyl (C=O) groups excluding carboxylic acids is 2. The molecular formula is C20H21N3O2. The molecule has 0 radical (unpaired) electrons. The van der Waals surface area contributed by atoms with Crippen LogP contribution in [0.15, 0.2) is 42.5 Å². The van der Waals surface area contributed by atoms with E-state index in [2.05, 4.69) is 21.7 Å². The van der Waals surface area contributed by atoms with Crippen LogP contribution >= 0.6 is 0 Å². The molecule has 5 nitrogen and oxygen atoms in total. The van der Waals surface area contributed by atoms with E-state index in [-0.39, 0.29) is 11.8 Å². The van der Waals surface area contributed by atoms with Crippen LogP contribution in [0.1, 0.15) is 34.1 Å². The number of aromatic nitrogens is 1. The molecule has 25 heavy (non-hydrogen) atoms. The molecule has 2 aromatic carbocycles. The average Bonchev–Trinajstić information content (AvgIpc) is 2.98. The predicted molar refractivity (Wildman–Crippen MR) is 99.7 cm³/mol. The molecule has 0 bridgehead atoms. The zero-order valence-electron chi connectivity index (χ0n) is 14.6. The third-order valence-corrected chi connectivity index (χ3v) is 4.06. The van der Waals surface area contributed by atoms with Gasteiger partial charge in [0.15, 0.2) is 0 Å². The predicted octanol–water partition coefficient (Wildman–Crippen LogP) is 3.67. The summed E-state index contributed by atoms with van der Waals surface area (Å²) in [4.78, 5) is 26.6. The fourth-order valence-corrected chi connectivity index (χ4v) is 2.91. The molecule has 0 spiro atoms. The Morgan fingerprint density at radius 1 is 1.04 bits per heavy atom. The molecule has 0 unspecified atom stereocenters. The van der Waals surface area contributed by atoms with Gasteiger partial charge in [0, 0.05) is 30.1 Å². The number of fused-ring (bicyclic) bond motifs is 1. The number of carbonyl (C=O) groups is 2. The molecule has 0 fully saturated rings. The van der Waals surface area contributed by atoms with Crippen LogP contribution in [0, 0.1) is 13.8 Å². The van der Waals surface area contributed by atoms with Crippen molar-refractivity contribution in [1.29, 1.82) is 0 Å². The molecule has 0 saturated heterocycles. The maximum Gasteiger partial charge on any atom is 0.267 e. The lowest BCUT2D eigenvalue weighted by Gasteiger charge is -2.06. The second-order valence-electron chi connectivity index (χ2n) is 6.29. The molecule has 0 saturated carbocycles. The van der Waals surface area contributed by atoms with Gasteiger partial charge >= 0.3 is 0 Å². The van der Waals surface area contributed by atoms with E-state index in [0.29, 0.717) is 12.2 Å². The zero-order valence-corrected chi connectivity index (χ0v) is 14.6. The van der Waals surface area contributed by atoms with E-state index in [1.165, 1.54) is 6.92 Å². The van der Waals surface area contributed by atoms with Gasteiger partial charge in [0.05, 0.1) is 0 Å². The highest BCUT2D eigenvalue weighted by Gasteiger charge is 2.11. The molecule has 128 valence electrons. The summed E-state index contributed by atoms with van der Waals surface area (Å²) in [5, 5.41) is 6.69. The van der Waals surface area contributed by atoms with Crippen molar-refractivity contribution in [2.45, 2.75) is 27.3 Å². The largest absolute Gasteiger partial charge is 0.351 e. The fourth-order valence-electron chi connectivity index (χ4n) is 2.91. The van der Waals surface area contributed by atoms with Crippen LogP contribution in [-0.2, 0) is 11.3 Å². The van der Waals surface area contributed by atoms with Crippen LogP contribution in [0.3, 0.4) is 0 Å². The van der Waals surface area contributed by atoms with Crippen molar-refractivity contribution >= 4 is 28.4 Å². The molecule has 1 heterocycles. The van der Waals surface area contributed by atoms with Crippen molar-refractivity contribution < 1.29 is 9.59 Å². The summed E-state index contributed by atoms with van der Waals surface area (Å²) in [5.41, 5.74) is 5.55. The Bertz CT molecular complexity index is 939. The van der Waals surface area contributed by atoms with Crippen molar-refractivity contribution in [2.75, 3.05) is 5.32 Å². The van der Waals surface area contributed by atoms with Gasteiger partial charge in [0.25, 0.3) is 5.91 Å². The Labute approximate surface area is 146 Å².